The van der Waals surface area contributed by atoms with Gasteiger partial charge in [0.1, 0.15) is 0 Å². The van der Waals surface area contributed by atoms with E-state index in [2.05, 4.69) is 35.9 Å². The van der Waals surface area contributed by atoms with E-state index in [1.165, 1.54) is 6.42 Å². The van der Waals surface area contributed by atoms with Crippen LogP contribution in [-0.2, 0) is 54.6 Å². The van der Waals surface area contributed by atoms with Crippen molar-refractivity contribution in [3.63, 3.8) is 0 Å². The summed E-state index contributed by atoms with van der Waals surface area (Å²) in [5, 5.41) is 26.0. The molecule has 43 heavy (non-hydrogen) atoms. The summed E-state index contributed by atoms with van der Waals surface area (Å²) in [4.78, 5) is 34.0. The molecule has 0 aromatic rings. The summed E-state index contributed by atoms with van der Waals surface area (Å²) in [5.41, 5.74) is 0. The Labute approximate surface area is 308 Å². The summed E-state index contributed by atoms with van der Waals surface area (Å²) in [7, 11) is 0. The van der Waals surface area contributed by atoms with Gasteiger partial charge in [-0.2, -0.15) is 25.3 Å². The standard InChI is InChI=1S/C30H54N2O5S4.2Tc/c33-26(32-28(41)22-20-25(39)16-12-8-4-2-6-10-14-18-30(36)37)23-31-27(40)21-19-24(38)15-11-7-3-1-5-9-13-17-29(34)35;;/h24-25H,1-23H2,(H6,31,32,33,34,35,36,37,38,39,40,41);;/p-2. The van der Waals surface area contributed by atoms with Gasteiger partial charge in [-0.25, -0.2) is 0 Å². The zero-order valence-electron chi connectivity index (χ0n) is 25.4. The number of carbonyl (C=O) groups is 3. The van der Waals surface area contributed by atoms with Crippen LogP contribution in [0.25, 0.3) is 10.6 Å². The van der Waals surface area contributed by atoms with Gasteiger partial charge in [0.15, 0.2) is 0 Å². The summed E-state index contributed by atoms with van der Waals surface area (Å²) in [6, 6.07) is 0. The molecule has 7 nitrogen and oxygen atoms in total. The summed E-state index contributed by atoms with van der Waals surface area (Å²) >= 11 is 19.9. The van der Waals surface area contributed by atoms with Crippen molar-refractivity contribution in [1.82, 2.24) is 0 Å². The average molecular weight is 845 g/mol. The second-order valence-corrected chi connectivity index (χ2v) is 13.2. The van der Waals surface area contributed by atoms with Crippen molar-refractivity contribution in [3.05, 3.63) is 10.6 Å². The molecule has 0 rings (SSSR count). The Morgan fingerprint density at radius 1 is 0.535 bits per heavy atom. The number of rotatable bonds is 28. The quantitative estimate of drug-likeness (QED) is 0.0352. The van der Waals surface area contributed by atoms with E-state index < -0.39 is 11.9 Å². The number of carboxylic acid groups (broad SMARTS) is 2. The molecule has 2 radical (unpaired) electrons. The molecule has 0 spiro atoms. The van der Waals surface area contributed by atoms with Crippen molar-refractivity contribution < 1.29 is 64.8 Å². The Kier molecular flexibility index (Phi) is 37.5. The van der Waals surface area contributed by atoms with Gasteiger partial charge in [-0.1, -0.05) is 93.6 Å². The van der Waals surface area contributed by atoms with Crippen LogP contribution in [0.2, 0.25) is 0 Å². The Balaban J connectivity index is -0.00000800. The van der Waals surface area contributed by atoms with Crippen LogP contribution in [0.15, 0.2) is 0 Å². The molecular weight excluding hydrogens is 793 g/mol. The minimum absolute atomic E-state index is 0. The Morgan fingerprint density at radius 2 is 0.884 bits per heavy atom. The number of thiocarbonyl (C=S) groups is 2. The molecule has 0 aromatic carbocycles. The largest absolute Gasteiger partial charge is 0.674 e. The van der Waals surface area contributed by atoms with Gasteiger partial charge in [-0.05, 0) is 51.4 Å². The first kappa shape index (κ1) is 47.8. The molecule has 0 fully saturated rings. The summed E-state index contributed by atoms with van der Waals surface area (Å²) in [5.74, 6) is -1.79. The molecule has 0 aliphatic heterocycles. The molecule has 0 aliphatic rings. The number of hydrogen-bond acceptors (Lipinski definition) is 7. The maximum Gasteiger partial charge on any atom is 0.303 e. The van der Waals surface area contributed by atoms with E-state index in [4.69, 9.17) is 34.6 Å². The second-order valence-electron chi connectivity index (χ2n) is 10.8. The predicted molar refractivity (Wildman–Crippen MR) is 184 cm³/mol. The number of nitrogens with zero attached hydrogens (tertiary/aromatic N) is 2. The number of amides is 1. The van der Waals surface area contributed by atoms with Crippen molar-refractivity contribution in [2.24, 2.45) is 0 Å². The van der Waals surface area contributed by atoms with Crippen LogP contribution in [0.5, 0.6) is 0 Å². The predicted octanol–water partition coefficient (Wildman–Crippen LogP) is 9.26. The minimum atomic E-state index is -0.714. The van der Waals surface area contributed by atoms with E-state index >= 15 is 0 Å². The van der Waals surface area contributed by atoms with E-state index in [1.807, 2.05) is 0 Å². The monoisotopic (exact) mass is 842 g/mol. The number of thiol groups is 2. The average Bonchev–Trinajstić information content (AvgIpc) is 2.91. The molecule has 0 saturated heterocycles. The maximum atomic E-state index is 12.1. The van der Waals surface area contributed by atoms with Crippen LogP contribution in [0.3, 0.4) is 0 Å². The Hall–Kier alpha value is 0.389. The molecule has 2 atom stereocenters. The third-order valence-corrected chi connectivity index (χ3v) is 8.54. The van der Waals surface area contributed by atoms with Gasteiger partial charge in [-0.3, -0.25) is 9.59 Å². The van der Waals surface area contributed by atoms with Gasteiger partial charge in [0, 0.05) is 69.5 Å². The van der Waals surface area contributed by atoms with Gasteiger partial charge < -0.3 is 25.6 Å². The fraction of sp³-hybridized carbons (Fsp3) is 0.833. The number of carbonyl (C=O) groups excluding carboxylic acids is 1. The van der Waals surface area contributed by atoms with Crippen LogP contribution in [0, 0.1) is 0 Å². The molecule has 0 aliphatic carbocycles. The van der Waals surface area contributed by atoms with Crippen LogP contribution < -0.4 is 0 Å². The van der Waals surface area contributed by atoms with Crippen LogP contribution in [0.1, 0.15) is 141 Å². The SMILES string of the molecule is O=C(O)CCCCCCCCCC(S)CCC(=S)[N-]CC(=O)[N-]C(=S)CCC(S)CCCCCCCCCC(=O)O.[Tc].[Tc]. The topological polar surface area (TPSA) is 120 Å². The summed E-state index contributed by atoms with van der Waals surface area (Å²) in [6.07, 6.45) is 20.3. The van der Waals surface area contributed by atoms with Gasteiger partial charge in [-0.15, -0.1) is 24.4 Å². The van der Waals surface area contributed by atoms with E-state index in [1.54, 1.807) is 0 Å². The van der Waals surface area contributed by atoms with Crippen molar-refractivity contribution in [1.29, 1.82) is 0 Å². The van der Waals surface area contributed by atoms with Gasteiger partial charge >= 0.3 is 11.9 Å². The van der Waals surface area contributed by atoms with Crippen molar-refractivity contribution in [3.8, 4) is 0 Å². The fourth-order valence-electron chi connectivity index (χ4n) is 4.41. The number of aliphatic carboxylic acids is 2. The van der Waals surface area contributed by atoms with E-state index in [9.17, 15) is 14.4 Å². The first-order valence-corrected chi connectivity index (χ1v) is 17.2. The second kappa shape index (κ2) is 33.7. The Bertz CT molecular complexity index is 766. The van der Waals surface area contributed by atoms with Gasteiger partial charge in [0.2, 0.25) is 0 Å². The third kappa shape index (κ3) is 36.7. The van der Waals surface area contributed by atoms with Crippen molar-refractivity contribution in [2.45, 2.75) is 152 Å². The molecule has 0 saturated carbocycles. The molecule has 1 amide bonds. The fourth-order valence-corrected chi connectivity index (χ4v) is 5.44. The molecule has 2 N–H and O–H groups in total. The van der Waals surface area contributed by atoms with Crippen molar-refractivity contribution >= 4 is 77.5 Å². The molecule has 0 heterocycles. The van der Waals surface area contributed by atoms with E-state index in [0.717, 1.165) is 109 Å². The van der Waals surface area contributed by atoms with Gasteiger partial charge in [0.25, 0.3) is 0 Å². The number of hydrogen-bond donors (Lipinski definition) is 4. The molecule has 2 unspecified atom stereocenters. The molecule has 252 valence electrons. The van der Waals surface area contributed by atoms with Gasteiger partial charge in [0.05, 0.1) is 0 Å². The smallest absolute Gasteiger partial charge is 0.303 e. The normalized spacial score (nSPS) is 11.9. The molecule has 0 aromatic heterocycles. The number of unbranched alkanes of at least 4 members (excludes halogenated alkanes) is 12. The maximum absolute atomic E-state index is 12.1. The third-order valence-electron chi connectivity index (χ3n) is 6.88. The zero-order chi connectivity index (χ0) is 30.7. The molecule has 13 heteroatoms. The van der Waals surface area contributed by atoms with Crippen molar-refractivity contribution in [2.75, 3.05) is 6.54 Å². The first-order valence-electron chi connectivity index (χ1n) is 15.4. The molecular formula is C30H52N2O5S4Tc2-2. The zero-order valence-corrected chi connectivity index (χ0v) is 32.5. The van der Waals surface area contributed by atoms with E-state index in [0.29, 0.717) is 22.8 Å². The first-order chi connectivity index (χ1) is 19.6. The van der Waals surface area contributed by atoms with E-state index in [-0.39, 0.29) is 76.0 Å². The van der Waals surface area contributed by atoms with Crippen LogP contribution >= 0.6 is 49.7 Å². The minimum Gasteiger partial charge on any atom is -0.674 e. The van der Waals surface area contributed by atoms with Crippen LogP contribution in [0.4, 0.5) is 0 Å². The molecule has 0 bridgehead atoms. The Morgan fingerprint density at radius 3 is 1.28 bits per heavy atom. The summed E-state index contributed by atoms with van der Waals surface area (Å²) in [6.45, 7) is -0.0662. The number of carboxylic acids is 2. The van der Waals surface area contributed by atoms with Crippen LogP contribution in [-0.4, -0.2) is 55.1 Å². The summed E-state index contributed by atoms with van der Waals surface area (Å²) < 4.78 is 0.